The van der Waals surface area contributed by atoms with E-state index in [0.29, 0.717) is 28.3 Å². The maximum Gasteiger partial charge on any atom is 0.340 e. The molecule has 1 saturated heterocycles. The number of halogens is 1. The summed E-state index contributed by atoms with van der Waals surface area (Å²) < 4.78 is 5.42. The van der Waals surface area contributed by atoms with Crippen molar-refractivity contribution in [1.82, 2.24) is 4.90 Å². The largest absolute Gasteiger partial charge is 0.433 e. The van der Waals surface area contributed by atoms with Crippen LogP contribution in [-0.2, 0) is 14.3 Å². The number of aryl methyl sites for hydroxylation is 1. The number of hydrogen-bond acceptors (Lipinski definition) is 4. The van der Waals surface area contributed by atoms with Crippen LogP contribution in [0.25, 0.3) is 0 Å². The highest BCUT2D eigenvalue weighted by Crippen LogP contribution is 2.38. The Labute approximate surface area is 161 Å². The average Bonchev–Trinajstić information content (AvgIpc) is 3.18. The molecule has 1 N–H and O–H groups in total. The van der Waals surface area contributed by atoms with Crippen molar-refractivity contribution >= 4 is 35.1 Å². The van der Waals surface area contributed by atoms with Gasteiger partial charge in [0.25, 0.3) is 0 Å². The molecule has 2 aliphatic rings. The Hall–Kier alpha value is -2.86. The van der Waals surface area contributed by atoms with E-state index in [4.69, 9.17) is 16.3 Å². The number of nitrogens with one attached hydrogen (secondary N) is 1. The Kier molecular flexibility index (Phi) is 4.36. The maximum absolute atomic E-state index is 12.9. The zero-order chi connectivity index (χ0) is 19.1. The Morgan fingerprint density at radius 3 is 2.81 bits per heavy atom. The number of carbonyl (C=O) groups is 3. The molecule has 0 radical (unpaired) electrons. The number of hydrogen-bond donors (Lipinski definition) is 1. The van der Waals surface area contributed by atoms with Gasteiger partial charge < -0.3 is 10.1 Å². The molecular formula is C20H17ClN2O4. The van der Waals surface area contributed by atoms with E-state index < -0.39 is 18.2 Å². The van der Waals surface area contributed by atoms with Crippen molar-refractivity contribution in [2.24, 2.45) is 0 Å². The number of amides is 2. The monoisotopic (exact) mass is 384 g/mol. The third kappa shape index (κ3) is 3.06. The van der Waals surface area contributed by atoms with Crippen molar-refractivity contribution < 1.29 is 19.1 Å². The number of likely N-dealkylation sites (tertiary alicyclic amines) is 1. The van der Waals surface area contributed by atoms with E-state index in [0.717, 1.165) is 5.56 Å². The standard InChI is InChI=1S/C20H17ClN2O4/c1-11-6-7-12(21)10-15(11)22-18(25)16-8-9-17(24)23(16)19-13-4-2-3-5-14(13)20(26)27-19/h2-7,10,16,19H,8-9H2,1H3,(H,22,25)/t16-,19?/m0/s1. The van der Waals surface area contributed by atoms with E-state index in [-0.39, 0.29) is 18.2 Å². The number of rotatable bonds is 3. The van der Waals surface area contributed by atoms with Crippen molar-refractivity contribution in [3.8, 4) is 0 Å². The van der Waals surface area contributed by atoms with Crippen LogP contribution in [0.1, 0.15) is 40.6 Å². The van der Waals surface area contributed by atoms with Gasteiger partial charge in [0, 0.05) is 22.7 Å². The van der Waals surface area contributed by atoms with Crippen molar-refractivity contribution in [2.75, 3.05) is 5.32 Å². The maximum atomic E-state index is 12.9. The average molecular weight is 385 g/mol. The second-order valence-corrected chi connectivity index (χ2v) is 7.09. The Balaban J connectivity index is 1.62. The van der Waals surface area contributed by atoms with E-state index in [1.54, 1.807) is 36.4 Å². The first-order valence-electron chi connectivity index (χ1n) is 8.64. The van der Waals surface area contributed by atoms with Crippen LogP contribution < -0.4 is 5.32 Å². The molecule has 2 heterocycles. The zero-order valence-electron chi connectivity index (χ0n) is 14.6. The number of nitrogens with zero attached hydrogens (tertiary/aromatic N) is 1. The van der Waals surface area contributed by atoms with Crippen molar-refractivity contribution in [3.05, 3.63) is 64.2 Å². The summed E-state index contributed by atoms with van der Waals surface area (Å²) in [5.74, 6) is -1.03. The third-order valence-corrected chi connectivity index (χ3v) is 5.17. The van der Waals surface area contributed by atoms with Gasteiger partial charge in [-0.3, -0.25) is 14.5 Å². The van der Waals surface area contributed by atoms with Crippen LogP contribution in [0, 0.1) is 6.92 Å². The lowest BCUT2D eigenvalue weighted by atomic mass is 10.1. The van der Waals surface area contributed by atoms with Gasteiger partial charge in [-0.1, -0.05) is 35.9 Å². The SMILES string of the molecule is Cc1ccc(Cl)cc1NC(=O)[C@@H]1CCC(=O)N1C1OC(=O)c2ccccc21. The second kappa shape index (κ2) is 6.70. The second-order valence-electron chi connectivity index (χ2n) is 6.65. The molecule has 1 fully saturated rings. The van der Waals surface area contributed by atoms with Crippen LogP contribution in [0.2, 0.25) is 5.02 Å². The van der Waals surface area contributed by atoms with E-state index in [1.165, 1.54) is 4.90 Å². The molecule has 0 bridgehead atoms. The molecule has 0 aromatic heterocycles. The molecular weight excluding hydrogens is 368 g/mol. The minimum absolute atomic E-state index is 0.215. The Bertz CT molecular complexity index is 959. The molecule has 27 heavy (non-hydrogen) atoms. The van der Waals surface area contributed by atoms with Gasteiger partial charge in [0.1, 0.15) is 6.04 Å². The van der Waals surface area contributed by atoms with Crippen LogP contribution in [-0.4, -0.2) is 28.7 Å². The first-order chi connectivity index (χ1) is 13.0. The first kappa shape index (κ1) is 17.5. The summed E-state index contributed by atoms with van der Waals surface area (Å²) in [6, 6.07) is 11.4. The van der Waals surface area contributed by atoms with E-state index in [9.17, 15) is 14.4 Å². The lowest BCUT2D eigenvalue weighted by molar-refractivity contribution is -0.144. The molecule has 0 spiro atoms. The molecule has 6 nitrogen and oxygen atoms in total. The molecule has 1 unspecified atom stereocenters. The van der Waals surface area contributed by atoms with Gasteiger partial charge in [-0.2, -0.15) is 0 Å². The lowest BCUT2D eigenvalue weighted by Crippen LogP contribution is -2.44. The van der Waals surface area contributed by atoms with Gasteiger partial charge in [-0.25, -0.2) is 4.79 Å². The van der Waals surface area contributed by atoms with Crippen LogP contribution in [0.3, 0.4) is 0 Å². The van der Waals surface area contributed by atoms with Crippen LogP contribution in [0.5, 0.6) is 0 Å². The number of anilines is 1. The highest BCUT2D eigenvalue weighted by molar-refractivity contribution is 6.31. The van der Waals surface area contributed by atoms with Crippen molar-refractivity contribution in [2.45, 2.75) is 32.0 Å². The number of carbonyl (C=O) groups excluding carboxylic acids is 3. The molecule has 2 atom stereocenters. The highest BCUT2D eigenvalue weighted by atomic mass is 35.5. The summed E-state index contributed by atoms with van der Waals surface area (Å²) in [5, 5.41) is 3.35. The minimum atomic E-state index is -0.875. The highest BCUT2D eigenvalue weighted by Gasteiger charge is 2.46. The number of fused-ring (bicyclic) bond motifs is 1. The summed E-state index contributed by atoms with van der Waals surface area (Å²) >= 11 is 6.01. The fourth-order valence-corrected chi connectivity index (χ4v) is 3.70. The topological polar surface area (TPSA) is 75.7 Å². The molecule has 0 saturated carbocycles. The summed E-state index contributed by atoms with van der Waals surface area (Å²) in [6.07, 6.45) is -0.288. The van der Waals surface area contributed by atoms with Crippen LogP contribution >= 0.6 is 11.6 Å². The van der Waals surface area contributed by atoms with Gasteiger partial charge in [-0.15, -0.1) is 0 Å². The van der Waals surface area contributed by atoms with E-state index in [1.807, 2.05) is 13.0 Å². The number of benzene rings is 2. The molecule has 138 valence electrons. The summed E-state index contributed by atoms with van der Waals surface area (Å²) in [5.41, 5.74) is 2.48. The Morgan fingerprint density at radius 2 is 2.00 bits per heavy atom. The molecule has 2 aromatic carbocycles. The van der Waals surface area contributed by atoms with Gasteiger partial charge in [-0.05, 0) is 37.1 Å². The quantitative estimate of drug-likeness (QED) is 0.822. The number of cyclic esters (lactones) is 1. The van der Waals surface area contributed by atoms with Gasteiger partial charge in [0.2, 0.25) is 18.0 Å². The zero-order valence-corrected chi connectivity index (χ0v) is 15.3. The van der Waals surface area contributed by atoms with Crippen molar-refractivity contribution in [1.29, 1.82) is 0 Å². The van der Waals surface area contributed by atoms with Crippen molar-refractivity contribution in [3.63, 3.8) is 0 Å². The summed E-state index contributed by atoms with van der Waals surface area (Å²) in [4.78, 5) is 38.9. The predicted molar refractivity (Wildman–Crippen MR) is 99.3 cm³/mol. The lowest BCUT2D eigenvalue weighted by Gasteiger charge is -2.29. The van der Waals surface area contributed by atoms with Gasteiger partial charge in [0.05, 0.1) is 5.56 Å². The molecule has 2 amide bonds. The van der Waals surface area contributed by atoms with E-state index in [2.05, 4.69) is 5.32 Å². The fourth-order valence-electron chi connectivity index (χ4n) is 3.53. The summed E-state index contributed by atoms with van der Waals surface area (Å²) in [7, 11) is 0. The minimum Gasteiger partial charge on any atom is -0.433 e. The van der Waals surface area contributed by atoms with Crippen LogP contribution in [0.15, 0.2) is 42.5 Å². The molecule has 4 rings (SSSR count). The smallest absolute Gasteiger partial charge is 0.340 e. The first-order valence-corrected chi connectivity index (χ1v) is 9.01. The van der Waals surface area contributed by atoms with Crippen LogP contribution in [0.4, 0.5) is 5.69 Å². The number of ether oxygens (including phenoxy) is 1. The molecule has 2 aromatic rings. The predicted octanol–water partition coefficient (Wildman–Crippen LogP) is 3.45. The molecule has 2 aliphatic heterocycles. The van der Waals surface area contributed by atoms with Gasteiger partial charge in [0.15, 0.2) is 0 Å². The van der Waals surface area contributed by atoms with E-state index >= 15 is 0 Å². The fraction of sp³-hybridized carbons (Fsp3) is 0.250. The third-order valence-electron chi connectivity index (χ3n) is 4.93. The Morgan fingerprint density at radius 1 is 1.22 bits per heavy atom. The normalized spacial score (nSPS) is 21.2. The molecule has 0 aliphatic carbocycles. The molecule has 7 heteroatoms. The number of esters is 1. The van der Waals surface area contributed by atoms with Gasteiger partial charge >= 0.3 is 5.97 Å². The summed E-state index contributed by atoms with van der Waals surface area (Å²) in [6.45, 7) is 1.86.